The molecular formula is C16H27N. The van der Waals surface area contributed by atoms with E-state index in [0.717, 1.165) is 6.42 Å². The summed E-state index contributed by atoms with van der Waals surface area (Å²) in [5, 5.41) is 0. The molecule has 0 heterocycles. The smallest absolute Gasteiger partial charge is 0.0302 e. The first-order valence-corrected chi connectivity index (χ1v) is 6.71. The SMILES string of the molecule is CCC(C)CC(N)c1c(C)c(C)cc(C)c1C. The Morgan fingerprint density at radius 2 is 1.53 bits per heavy atom. The van der Waals surface area contributed by atoms with E-state index in [9.17, 15) is 0 Å². The molecule has 96 valence electrons. The van der Waals surface area contributed by atoms with E-state index in [0.29, 0.717) is 5.92 Å². The lowest BCUT2D eigenvalue weighted by Crippen LogP contribution is -2.17. The minimum atomic E-state index is 0.184. The van der Waals surface area contributed by atoms with Gasteiger partial charge in [-0.2, -0.15) is 0 Å². The standard InChI is InChI=1S/C16H27N/c1-7-10(2)8-15(17)16-13(5)11(3)9-12(4)14(16)6/h9-10,15H,7-8,17H2,1-6H3. The summed E-state index contributed by atoms with van der Waals surface area (Å²) in [4.78, 5) is 0. The summed E-state index contributed by atoms with van der Waals surface area (Å²) in [7, 11) is 0. The van der Waals surface area contributed by atoms with Gasteiger partial charge in [0.2, 0.25) is 0 Å². The number of hydrogen-bond acceptors (Lipinski definition) is 1. The van der Waals surface area contributed by atoms with E-state index in [1.54, 1.807) is 0 Å². The van der Waals surface area contributed by atoms with Gasteiger partial charge >= 0.3 is 0 Å². The Bertz CT molecular complexity index is 367. The van der Waals surface area contributed by atoms with Crippen LogP contribution in [0, 0.1) is 33.6 Å². The Balaban J connectivity index is 3.12. The largest absolute Gasteiger partial charge is 0.324 e. The highest BCUT2D eigenvalue weighted by molar-refractivity contribution is 5.45. The van der Waals surface area contributed by atoms with Gasteiger partial charge in [0.05, 0.1) is 0 Å². The van der Waals surface area contributed by atoms with Crippen LogP contribution in [0.15, 0.2) is 6.07 Å². The van der Waals surface area contributed by atoms with Crippen LogP contribution in [0.25, 0.3) is 0 Å². The van der Waals surface area contributed by atoms with Crippen LogP contribution in [0.3, 0.4) is 0 Å². The highest BCUT2D eigenvalue weighted by Gasteiger charge is 2.16. The average molecular weight is 233 g/mol. The zero-order valence-corrected chi connectivity index (χ0v) is 12.2. The van der Waals surface area contributed by atoms with Gasteiger partial charge in [-0.1, -0.05) is 26.3 Å². The summed E-state index contributed by atoms with van der Waals surface area (Å²) in [5.41, 5.74) is 13.3. The third-order valence-corrected chi connectivity index (χ3v) is 4.15. The molecule has 17 heavy (non-hydrogen) atoms. The maximum atomic E-state index is 6.41. The van der Waals surface area contributed by atoms with Crippen LogP contribution < -0.4 is 5.73 Å². The highest BCUT2D eigenvalue weighted by Crippen LogP contribution is 2.30. The predicted octanol–water partition coefficient (Wildman–Crippen LogP) is 4.36. The molecule has 0 amide bonds. The molecule has 2 unspecified atom stereocenters. The second-order valence-corrected chi connectivity index (χ2v) is 5.53. The second kappa shape index (κ2) is 5.68. The van der Waals surface area contributed by atoms with Crippen LogP contribution in [-0.4, -0.2) is 0 Å². The van der Waals surface area contributed by atoms with Gasteiger partial charge in [0.15, 0.2) is 0 Å². The number of nitrogens with two attached hydrogens (primary N) is 1. The number of hydrogen-bond donors (Lipinski definition) is 1. The molecule has 0 fully saturated rings. The quantitative estimate of drug-likeness (QED) is 0.821. The van der Waals surface area contributed by atoms with Crippen molar-refractivity contribution in [2.45, 2.75) is 60.4 Å². The van der Waals surface area contributed by atoms with Crippen molar-refractivity contribution in [3.63, 3.8) is 0 Å². The first-order valence-electron chi connectivity index (χ1n) is 6.71. The molecular weight excluding hydrogens is 206 g/mol. The van der Waals surface area contributed by atoms with E-state index < -0.39 is 0 Å². The molecule has 0 aliphatic rings. The van der Waals surface area contributed by atoms with Crippen molar-refractivity contribution < 1.29 is 0 Å². The molecule has 0 radical (unpaired) electrons. The lowest BCUT2D eigenvalue weighted by molar-refractivity contribution is 0.459. The number of aryl methyl sites for hydroxylation is 2. The van der Waals surface area contributed by atoms with Crippen molar-refractivity contribution in [2.75, 3.05) is 0 Å². The Kier molecular flexibility index (Phi) is 4.76. The molecule has 0 bridgehead atoms. The Hall–Kier alpha value is -0.820. The number of rotatable bonds is 4. The van der Waals surface area contributed by atoms with Gasteiger partial charge in [0.25, 0.3) is 0 Å². The van der Waals surface area contributed by atoms with Crippen molar-refractivity contribution in [1.82, 2.24) is 0 Å². The van der Waals surface area contributed by atoms with E-state index in [1.807, 2.05) is 0 Å². The first kappa shape index (κ1) is 14.2. The molecule has 0 spiro atoms. The van der Waals surface area contributed by atoms with Gasteiger partial charge in [0.1, 0.15) is 0 Å². The van der Waals surface area contributed by atoms with E-state index in [-0.39, 0.29) is 6.04 Å². The summed E-state index contributed by atoms with van der Waals surface area (Å²) in [6.07, 6.45) is 2.29. The molecule has 0 aliphatic carbocycles. The molecule has 0 saturated carbocycles. The Labute approximate surface area is 106 Å². The lowest BCUT2D eigenvalue weighted by Gasteiger charge is -2.23. The topological polar surface area (TPSA) is 26.0 Å². The maximum absolute atomic E-state index is 6.41. The van der Waals surface area contributed by atoms with Crippen LogP contribution in [0.1, 0.15) is 60.5 Å². The van der Waals surface area contributed by atoms with Gasteiger partial charge in [0, 0.05) is 6.04 Å². The Morgan fingerprint density at radius 1 is 1.06 bits per heavy atom. The van der Waals surface area contributed by atoms with Crippen LogP contribution in [0.5, 0.6) is 0 Å². The maximum Gasteiger partial charge on any atom is 0.0302 e. The zero-order chi connectivity index (χ0) is 13.2. The average Bonchev–Trinajstić information content (AvgIpc) is 2.26. The summed E-state index contributed by atoms with van der Waals surface area (Å²) < 4.78 is 0. The van der Waals surface area contributed by atoms with Gasteiger partial charge in [-0.15, -0.1) is 0 Å². The van der Waals surface area contributed by atoms with Crippen molar-refractivity contribution in [3.8, 4) is 0 Å². The van der Waals surface area contributed by atoms with Crippen molar-refractivity contribution >= 4 is 0 Å². The number of benzene rings is 1. The predicted molar refractivity (Wildman–Crippen MR) is 76.4 cm³/mol. The molecule has 0 aromatic heterocycles. The molecule has 2 N–H and O–H groups in total. The molecule has 2 atom stereocenters. The van der Waals surface area contributed by atoms with Crippen molar-refractivity contribution in [2.24, 2.45) is 11.7 Å². The zero-order valence-electron chi connectivity index (χ0n) is 12.2. The molecule has 1 nitrogen and oxygen atoms in total. The molecule has 1 rings (SSSR count). The fourth-order valence-corrected chi connectivity index (χ4v) is 2.52. The van der Waals surface area contributed by atoms with E-state index >= 15 is 0 Å². The van der Waals surface area contributed by atoms with Gasteiger partial charge in [-0.25, -0.2) is 0 Å². The molecule has 1 heteroatoms. The molecule has 1 aromatic rings. The second-order valence-electron chi connectivity index (χ2n) is 5.53. The fraction of sp³-hybridized carbons (Fsp3) is 0.625. The van der Waals surface area contributed by atoms with E-state index in [1.165, 1.54) is 34.2 Å². The summed E-state index contributed by atoms with van der Waals surface area (Å²) in [6.45, 7) is 13.3. The van der Waals surface area contributed by atoms with Crippen LogP contribution in [-0.2, 0) is 0 Å². The third-order valence-electron chi connectivity index (χ3n) is 4.15. The highest BCUT2D eigenvalue weighted by atomic mass is 14.6. The molecule has 0 saturated heterocycles. The van der Waals surface area contributed by atoms with Crippen molar-refractivity contribution in [1.29, 1.82) is 0 Å². The van der Waals surface area contributed by atoms with E-state index in [4.69, 9.17) is 5.73 Å². The van der Waals surface area contributed by atoms with Gasteiger partial charge in [-0.3, -0.25) is 0 Å². The van der Waals surface area contributed by atoms with E-state index in [2.05, 4.69) is 47.6 Å². The Morgan fingerprint density at radius 3 is 1.94 bits per heavy atom. The lowest BCUT2D eigenvalue weighted by atomic mass is 9.86. The van der Waals surface area contributed by atoms with Crippen molar-refractivity contribution in [3.05, 3.63) is 33.9 Å². The summed E-state index contributed by atoms with van der Waals surface area (Å²) in [6, 6.07) is 2.45. The third kappa shape index (κ3) is 3.10. The minimum Gasteiger partial charge on any atom is -0.324 e. The minimum absolute atomic E-state index is 0.184. The van der Waals surface area contributed by atoms with Gasteiger partial charge < -0.3 is 5.73 Å². The van der Waals surface area contributed by atoms with Gasteiger partial charge in [-0.05, 0) is 67.9 Å². The molecule has 1 aromatic carbocycles. The summed E-state index contributed by atoms with van der Waals surface area (Å²) >= 11 is 0. The fourth-order valence-electron chi connectivity index (χ4n) is 2.52. The monoisotopic (exact) mass is 233 g/mol. The first-order chi connectivity index (χ1) is 7.88. The van der Waals surface area contributed by atoms with Crippen LogP contribution in [0.2, 0.25) is 0 Å². The normalized spacial score (nSPS) is 14.8. The van der Waals surface area contributed by atoms with Crippen LogP contribution in [0.4, 0.5) is 0 Å². The van der Waals surface area contributed by atoms with Crippen LogP contribution >= 0.6 is 0 Å². The molecule has 0 aliphatic heterocycles. The summed E-state index contributed by atoms with van der Waals surface area (Å²) in [5.74, 6) is 0.699.